The minimum absolute atomic E-state index is 0.275. The van der Waals surface area contributed by atoms with Gasteiger partial charge in [-0.2, -0.15) is 0 Å². The lowest BCUT2D eigenvalue weighted by Crippen LogP contribution is -2.28. The highest BCUT2D eigenvalue weighted by Gasteiger charge is 2.10. The first kappa shape index (κ1) is 15.5. The van der Waals surface area contributed by atoms with Crippen molar-refractivity contribution in [2.75, 3.05) is 5.32 Å². The number of thiazole rings is 1. The largest absolute Gasteiger partial charge is 0.334 e. The zero-order valence-electron chi connectivity index (χ0n) is 13.1. The van der Waals surface area contributed by atoms with Crippen LogP contribution in [-0.4, -0.2) is 11.0 Å². The Kier molecular flexibility index (Phi) is 4.03. The van der Waals surface area contributed by atoms with Crippen LogP contribution in [0.2, 0.25) is 0 Å². The van der Waals surface area contributed by atoms with Crippen LogP contribution in [-0.2, 0) is 6.54 Å². The van der Waals surface area contributed by atoms with Gasteiger partial charge in [0.25, 0.3) is 0 Å². The van der Waals surface area contributed by atoms with Crippen molar-refractivity contribution in [1.29, 1.82) is 0 Å². The number of hydrogen-bond acceptors (Lipinski definition) is 3. The molecule has 4 aromatic rings. The van der Waals surface area contributed by atoms with E-state index in [1.54, 1.807) is 12.1 Å². The van der Waals surface area contributed by atoms with Crippen LogP contribution in [0.15, 0.2) is 60.7 Å². The summed E-state index contributed by atoms with van der Waals surface area (Å²) >= 11 is 1.24. The molecule has 1 aromatic heterocycles. The molecule has 0 bridgehead atoms. The van der Waals surface area contributed by atoms with E-state index in [1.807, 2.05) is 42.5 Å². The third-order valence-electron chi connectivity index (χ3n) is 3.91. The van der Waals surface area contributed by atoms with Crippen molar-refractivity contribution in [3.05, 3.63) is 72.0 Å². The number of aromatic nitrogens is 1. The molecule has 4 nitrogen and oxygen atoms in total. The molecule has 0 fully saturated rings. The molecule has 0 spiro atoms. The third-order valence-corrected chi connectivity index (χ3v) is 4.85. The summed E-state index contributed by atoms with van der Waals surface area (Å²) in [5.41, 5.74) is 1.31. The summed E-state index contributed by atoms with van der Waals surface area (Å²) < 4.78 is 14.4. The van der Waals surface area contributed by atoms with Crippen molar-refractivity contribution in [2.24, 2.45) is 0 Å². The maximum absolute atomic E-state index is 13.7. The molecule has 6 heteroatoms. The lowest BCUT2D eigenvalue weighted by molar-refractivity contribution is 0.252. The summed E-state index contributed by atoms with van der Waals surface area (Å²) in [5.74, 6) is -0.391. The first-order chi connectivity index (χ1) is 12.2. The van der Waals surface area contributed by atoms with Gasteiger partial charge in [-0.15, -0.1) is 0 Å². The number of nitrogens with one attached hydrogen (secondary N) is 2. The number of fused-ring (bicyclic) bond motifs is 2. The summed E-state index contributed by atoms with van der Waals surface area (Å²) in [4.78, 5) is 16.3. The van der Waals surface area contributed by atoms with Gasteiger partial charge in [-0.05, 0) is 28.5 Å². The Bertz CT molecular complexity index is 1070. The summed E-state index contributed by atoms with van der Waals surface area (Å²) in [7, 11) is 0. The lowest BCUT2D eigenvalue weighted by atomic mass is 10.0. The van der Waals surface area contributed by atoms with Crippen LogP contribution < -0.4 is 10.6 Å². The number of anilines is 1. The van der Waals surface area contributed by atoms with Crippen molar-refractivity contribution in [1.82, 2.24) is 10.3 Å². The zero-order chi connectivity index (χ0) is 17.2. The fraction of sp³-hybridized carbons (Fsp3) is 0.0526. The molecule has 0 saturated heterocycles. The fourth-order valence-corrected chi connectivity index (χ4v) is 3.61. The Morgan fingerprint density at radius 2 is 1.84 bits per heavy atom. The number of carbonyl (C=O) groups excluding carboxylic acids is 1. The maximum Gasteiger partial charge on any atom is 0.321 e. The summed E-state index contributed by atoms with van der Waals surface area (Å²) in [5, 5.41) is 8.09. The molecule has 0 unspecified atom stereocenters. The van der Waals surface area contributed by atoms with Crippen LogP contribution in [0, 0.1) is 5.82 Å². The van der Waals surface area contributed by atoms with Gasteiger partial charge >= 0.3 is 6.03 Å². The quantitative estimate of drug-likeness (QED) is 0.551. The van der Waals surface area contributed by atoms with E-state index in [2.05, 4.69) is 15.6 Å². The number of nitrogens with zero attached hydrogens (tertiary/aromatic N) is 1. The van der Waals surface area contributed by atoms with Gasteiger partial charge in [0, 0.05) is 6.54 Å². The van der Waals surface area contributed by atoms with E-state index in [4.69, 9.17) is 0 Å². The van der Waals surface area contributed by atoms with E-state index < -0.39 is 5.82 Å². The van der Waals surface area contributed by atoms with Crippen molar-refractivity contribution < 1.29 is 9.18 Å². The average Bonchev–Trinajstić information content (AvgIpc) is 3.04. The number of carbonyl (C=O) groups is 1. The minimum atomic E-state index is -0.391. The van der Waals surface area contributed by atoms with Crippen molar-refractivity contribution in [3.63, 3.8) is 0 Å². The molecular formula is C19H14FN3OS. The number of urea groups is 1. The number of rotatable bonds is 3. The first-order valence-electron chi connectivity index (χ1n) is 7.77. The van der Waals surface area contributed by atoms with Crippen LogP contribution in [0.5, 0.6) is 0 Å². The standard InChI is InChI=1S/C19H14FN3OS/c20-15-9-4-10-16-17(15)22-19(25-16)23-18(24)21-11-13-7-3-6-12-5-1-2-8-14(12)13/h1-10H,11H2,(H2,21,22,23,24). The van der Waals surface area contributed by atoms with Gasteiger partial charge in [0.15, 0.2) is 5.13 Å². The Morgan fingerprint density at radius 3 is 2.72 bits per heavy atom. The Morgan fingerprint density at radius 1 is 1.04 bits per heavy atom. The molecule has 0 atom stereocenters. The summed E-state index contributed by atoms with van der Waals surface area (Å²) in [6.45, 7) is 0.395. The Labute approximate surface area is 147 Å². The molecule has 4 rings (SSSR count). The number of benzene rings is 3. The van der Waals surface area contributed by atoms with E-state index >= 15 is 0 Å². The molecule has 1 heterocycles. The highest BCUT2D eigenvalue weighted by molar-refractivity contribution is 7.22. The number of hydrogen-bond donors (Lipinski definition) is 2. The number of para-hydroxylation sites is 1. The molecule has 0 saturated carbocycles. The topological polar surface area (TPSA) is 54.0 Å². The molecule has 0 aliphatic rings. The first-order valence-corrected chi connectivity index (χ1v) is 8.59. The second-order valence-electron chi connectivity index (χ2n) is 5.55. The minimum Gasteiger partial charge on any atom is -0.334 e. The SMILES string of the molecule is O=C(NCc1cccc2ccccc12)Nc1nc2c(F)cccc2s1. The van der Waals surface area contributed by atoms with Crippen LogP contribution in [0.3, 0.4) is 0 Å². The molecule has 0 aliphatic heterocycles. The molecule has 2 amide bonds. The van der Waals surface area contributed by atoms with Gasteiger partial charge < -0.3 is 5.32 Å². The highest BCUT2D eigenvalue weighted by Crippen LogP contribution is 2.27. The molecular weight excluding hydrogens is 337 g/mol. The predicted molar refractivity (Wildman–Crippen MR) is 99.4 cm³/mol. The summed E-state index contributed by atoms with van der Waals surface area (Å²) in [6.07, 6.45) is 0. The van der Waals surface area contributed by atoms with Crippen LogP contribution in [0.1, 0.15) is 5.56 Å². The number of amides is 2. The summed E-state index contributed by atoms with van der Waals surface area (Å²) in [6, 6.07) is 18.4. The van der Waals surface area contributed by atoms with Crippen molar-refractivity contribution >= 4 is 43.5 Å². The molecule has 0 radical (unpaired) electrons. The second-order valence-corrected chi connectivity index (χ2v) is 6.58. The molecule has 2 N–H and O–H groups in total. The lowest BCUT2D eigenvalue weighted by Gasteiger charge is -2.08. The monoisotopic (exact) mass is 351 g/mol. The van der Waals surface area contributed by atoms with E-state index in [0.717, 1.165) is 16.3 Å². The molecule has 25 heavy (non-hydrogen) atoms. The average molecular weight is 351 g/mol. The second kappa shape index (κ2) is 6.49. The van der Waals surface area contributed by atoms with E-state index in [0.29, 0.717) is 16.4 Å². The van der Waals surface area contributed by atoms with Crippen LogP contribution in [0.4, 0.5) is 14.3 Å². The van der Waals surface area contributed by atoms with Gasteiger partial charge in [-0.3, -0.25) is 5.32 Å². The smallest absolute Gasteiger partial charge is 0.321 e. The zero-order valence-corrected chi connectivity index (χ0v) is 13.9. The van der Waals surface area contributed by atoms with Gasteiger partial charge in [0.1, 0.15) is 11.3 Å². The molecule has 3 aromatic carbocycles. The van der Waals surface area contributed by atoms with Gasteiger partial charge in [-0.1, -0.05) is 59.9 Å². The third kappa shape index (κ3) is 3.16. The van der Waals surface area contributed by atoms with Crippen molar-refractivity contribution in [3.8, 4) is 0 Å². The van der Waals surface area contributed by atoms with Gasteiger partial charge in [0.05, 0.1) is 4.70 Å². The molecule has 124 valence electrons. The predicted octanol–water partition coefficient (Wildman–Crippen LogP) is 4.91. The highest BCUT2D eigenvalue weighted by atomic mass is 32.1. The van der Waals surface area contributed by atoms with E-state index in [-0.39, 0.29) is 11.5 Å². The Balaban J connectivity index is 1.47. The molecule has 0 aliphatic carbocycles. The van der Waals surface area contributed by atoms with Gasteiger partial charge in [0.2, 0.25) is 0 Å². The van der Waals surface area contributed by atoms with Crippen molar-refractivity contribution in [2.45, 2.75) is 6.54 Å². The normalized spacial score (nSPS) is 10.9. The fourth-order valence-electron chi connectivity index (χ4n) is 2.73. The van der Waals surface area contributed by atoms with Crippen LogP contribution in [0.25, 0.3) is 21.0 Å². The van der Waals surface area contributed by atoms with E-state index in [9.17, 15) is 9.18 Å². The van der Waals surface area contributed by atoms with Gasteiger partial charge in [-0.25, -0.2) is 14.2 Å². The van der Waals surface area contributed by atoms with Crippen LogP contribution >= 0.6 is 11.3 Å². The Hall–Kier alpha value is -2.99. The van der Waals surface area contributed by atoms with E-state index in [1.165, 1.54) is 17.4 Å². The number of halogens is 1. The maximum atomic E-state index is 13.7.